The van der Waals surface area contributed by atoms with Crippen LogP contribution in [0.4, 0.5) is 5.13 Å². The third kappa shape index (κ3) is 3.44. The lowest BCUT2D eigenvalue weighted by atomic mass is 10.1. The van der Waals surface area contributed by atoms with E-state index < -0.39 is 5.91 Å². The lowest BCUT2D eigenvalue weighted by molar-refractivity contribution is 0.102. The zero-order valence-corrected chi connectivity index (χ0v) is 15.7. The minimum atomic E-state index is -0.442. The monoisotopic (exact) mass is 396 g/mol. The van der Waals surface area contributed by atoms with Gasteiger partial charge in [0.1, 0.15) is 6.33 Å². The molecule has 27 heavy (non-hydrogen) atoms. The molecule has 0 unspecified atom stereocenters. The summed E-state index contributed by atoms with van der Waals surface area (Å²) in [5.41, 5.74) is 1.79. The Morgan fingerprint density at radius 1 is 1.22 bits per heavy atom. The van der Waals surface area contributed by atoms with Crippen LogP contribution in [-0.4, -0.2) is 30.4 Å². The molecule has 4 aromatic rings. The Balaban J connectivity index is 1.75. The first-order valence-electron chi connectivity index (χ1n) is 7.94. The lowest BCUT2D eigenvalue weighted by Gasteiger charge is -2.02. The van der Waals surface area contributed by atoms with E-state index in [4.69, 9.17) is 11.6 Å². The van der Waals surface area contributed by atoms with Crippen LogP contribution in [0.2, 0.25) is 5.02 Å². The molecule has 1 amide bonds. The third-order valence-corrected chi connectivity index (χ3v) is 5.05. The fraction of sp³-hybridized carbons (Fsp3) is 0.0556. The molecule has 3 heterocycles. The Labute approximate surface area is 163 Å². The number of aryl methyl sites for hydroxylation is 1. The summed E-state index contributed by atoms with van der Waals surface area (Å²) in [6.07, 6.45) is 6.24. The highest BCUT2D eigenvalue weighted by atomic mass is 35.5. The number of benzene rings is 1. The van der Waals surface area contributed by atoms with Crippen LogP contribution >= 0.6 is 22.9 Å². The molecule has 0 aliphatic carbocycles. The molecule has 0 aliphatic rings. The van der Waals surface area contributed by atoms with E-state index in [9.17, 15) is 4.79 Å². The highest BCUT2D eigenvalue weighted by Gasteiger charge is 2.20. The fourth-order valence-corrected chi connectivity index (χ4v) is 3.75. The molecule has 0 atom stereocenters. The smallest absolute Gasteiger partial charge is 0.277 e. The van der Waals surface area contributed by atoms with Gasteiger partial charge >= 0.3 is 0 Å². The molecule has 0 aliphatic heterocycles. The molecule has 134 valence electrons. The van der Waals surface area contributed by atoms with Gasteiger partial charge in [-0.25, -0.2) is 19.9 Å². The zero-order chi connectivity index (χ0) is 18.8. The first-order valence-corrected chi connectivity index (χ1v) is 9.13. The quantitative estimate of drug-likeness (QED) is 0.565. The van der Waals surface area contributed by atoms with Crippen LogP contribution in [-0.2, 0) is 7.05 Å². The number of nitrogens with one attached hydrogen (secondary N) is 1. The van der Waals surface area contributed by atoms with Crippen LogP contribution < -0.4 is 5.32 Å². The summed E-state index contributed by atoms with van der Waals surface area (Å²) in [5.74, 6) is 0.328. The van der Waals surface area contributed by atoms with Crippen molar-refractivity contribution in [1.29, 1.82) is 0 Å². The standard InChI is InChI=1S/C18H13ClN6OS/c1-25-8-7-21-16(25)15-13(11-5-3-2-4-6-11)23-18(27-15)24-17(26)14-12(19)9-20-10-22-14/h2-10H,1H3,(H,23,24,26). The van der Waals surface area contributed by atoms with Crippen molar-refractivity contribution in [2.75, 3.05) is 5.32 Å². The maximum Gasteiger partial charge on any atom is 0.277 e. The Bertz CT molecular complexity index is 1110. The topological polar surface area (TPSA) is 85.6 Å². The number of carbonyl (C=O) groups is 1. The number of aromatic nitrogens is 5. The maximum absolute atomic E-state index is 12.5. The van der Waals surface area contributed by atoms with Crippen LogP contribution in [0.15, 0.2) is 55.2 Å². The number of imidazole rings is 1. The van der Waals surface area contributed by atoms with Crippen LogP contribution in [0.3, 0.4) is 0 Å². The van der Waals surface area contributed by atoms with Crippen molar-refractivity contribution in [3.63, 3.8) is 0 Å². The molecule has 0 saturated carbocycles. The van der Waals surface area contributed by atoms with Gasteiger partial charge in [0, 0.05) is 31.2 Å². The van der Waals surface area contributed by atoms with Crippen molar-refractivity contribution in [3.8, 4) is 22.0 Å². The normalized spacial score (nSPS) is 10.7. The summed E-state index contributed by atoms with van der Waals surface area (Å²) in [6.45, 7) is 0. The van der Waals surface area contributed by atoms with Crippen LogP contribution in [0, 0.1) is 0 Å². The molecule has 0 fully saturated rings. The summed E-state index contributed by atoms with van der Waals surface area (Å²) in [7, 11) is 1.91. The number of anilines is 1. The number of halogens is 1. The van der Waals surface area contributed by atoms with E-state index in [0.29, 0.717) is 5.13 Å². The van der Waals surface area contributed by atoms with Gasteiger partial charge in [-0.2, -0.15) is 0 Å². The van der Waals surface area contributed by atoms with E-state index in [1.54, 1.807) is 6.20 Å². The molecule has 1 aromatic carbocycles. The molecule has 4 rings (SSSR count). The van der Waals surface area contributed by atoms with E-state index in [1.807, 2.05) is 48.1 Å². The van der Waals surface area contributed by atoms with E-state index in [0.717, 1.165) is 22.0 Å². The average Bonchev–Trinajstić information content (AvgIpc) is 3.28. The number of hydrogen-bond donors (Lipinski definition) is 1. The van der Waals surface area contributed by atoms with Crippen molar-refractivity contribution in [2.45, 2.75) is 0 Å². The third-order valence-electron chi connectivity index (χ3n) is 3.80. The second kappa shape index (κ2) is 7.26. The Kier molecular flexibility index (Phi) is 4.66. The van der Waals surface area contributed by atoms with Crippen LogP contribution in [0.1, 0.15) is 10.5 Å². The molecular formula is C18H13ClN6OS. The summed E-state index contributed by atoms with van der Waals surface area (Å²) < 4.78 is 1.91. The average molecular weight is 397 g/mol. The van der Waals surface area contributed by atoms with Gasteiger partial charge in [0.15, 0.2) is 16.6 Å². The maximum atomic E-state index is 12.5. The molecule has 3 aromatic heterocycles. The number of thiazole rings is 1. The Hall–Kier alpha value is -3.10. The van der Waals surface area contributed by atoms with Crippen molar-refractivity contribution in [3.05, 3.63) is 66.0 Å². The molecule has 0 saturated heterocycles. The number of carbonyl (C=O) groups excluding carboxylic acids is 1. The second-order valence-electron chi connectivity index (χ2n) is 5.60. The van der Waals surface area contributed by atoms with Gasteiger partial charge < -0.3 is 4.57 Å². The van der Waals surface area contributed by atoms with Gasteiger partial charge in [-0.05, 0) is 0 Å². The summed E-state index contributed by atoms with van der Waals surface area (Å²) >= 11 is 7.35. The minimum Gasteiger partial charge on any atom is -0.333 e. The van der Waals surface area contributed by atoms with Gasteiger partial charge in [-0.15, -0.1) is 0 Å². The highest BCUT2D eigenvalue weighted by Crippen LogP contribution is 2.38. The van der Waals surface area contributed by atoms with Gasteiger partial charge in [-0.3, -0.25) is 10.1 Å². The number of hydrogen-bond acceptors (Lipinski definition) is 6. The first-order chi connectivity index (χ1) is 13.1. The van der Waals surface area contributed by atoms with Gasteiger partial charge in [0.2, 0.25) is 0 Å². The highest BCUT2D eigenvalue weighted by molar-refractivity contribution is 7.19. The molecule has 9 heteroatoms. The molecule has 0 radical (unpaired) electrons. The van der Waals surface area contributed by atoms with Gasteiger partial charge in [0.25, 0.3) is 5.91 Å². The predicted octanol–water partition coefficient (Wildman–Crippen LogP) is 3.91. The van der Waals surface area contributed by atoms with Crippen LogP contribution in [0.5, 0.6) is 0 Å². The van der Waals surface area contributed by atoms with Crippen molar-refractivity contribution >= 4 is 34.0 Å². The molecule has 1 N–H and O–H groups in total. The van der Waals surface area contributed by atoms with Gasteiger partial charge in [-0.1, -0.05) is 53.3 Å². The van der Waals surface area contributed by atoms with Gasteiger partial charge in [0.05, 0.1) is 15.6 Å². The number of amides is 1. The molecular weight excluding hydrogens is 384 g/mol. The second-order valence-corrected chi connectivity index (χ2v) is 7.00. The lowest BCUT2D eigenvalue weighted by Crippen LogP contribution is -2.14. The zero-order valence-electron chi connectivity index (χ0n) is 14.1. The van der Waals surface area contributed by atoms with Crippen LogP contribution in [0.25, 0.3) is 22.0 Å². The van der Waals surface area contributed by atoms with Crippen molar-refractivity contribution in [1.82, 2.24) is 24.5 Å². The molecule has 0 bridgehead atoms. The summed E-state index contributed by atoms with van der Waals surface area (Å²) in [5, 5.41) is 3.38. The summed E-state index contributed by atoms with van der Waals surface area (Å²) in [4.78, 5) is 30.1. The van der Waals surface area contributed by atoms with Crippen molar-refractivity contribution in [2.24, 2.45) is 7.05 Å². The van der Waals surface area contributed by atoms with E-state index in [1.165, 1.54) is 23.9 Å². The van der Waals surface area contributed by atoms with E-state index in [2.05, 4.69) is 25.3 Å². The number of nitrogens with zero attached hydrogens (tertiary/aromatic N) is 5. The largest absolute Gasteiger partial charge is 0.333 e. The Morgan fingerprint density at radius 3 is 2.74 bits per heavy atom. The predicted molar refractivity (Wildman–Crippen MR) is 105 cm³/mol. The fourth-order valence-electron chi connectivity index (χ4n) is 2.54. The van der Waals surface area contributed by atoms with E-state index in [-0.39, 0.29) is 10.7 Å². The molecule has 7 nitrogen and oxygen atoms in total. The number of rotatable bonds is 4. The summed E-state index contributed by atoms with van der Waals surface area (Å²) in [6, 6.07) is 9.75. The molecule has 0 spiro atoms. The first kappa shape index (κ1) is 17.3. The SMILES string of the molecule is Cn1ccnc1-c1sc(NC(=O)c2ncncc2Cl)nc1-c1ccccc1. The van der Waals surface area contributed by atoms with Crippen molar-refractivity contribution < 1.29 is 4.79 Å². The van der Waals surface area contributed by atoms with E-state index >= 15 is 0 Å². The minimum absolute atomic E-state index is 0.0988. The Morgan fingerprint density at radius 2 is 2.04 bits per heavy atom.